The van der Waals surface area contributed by atoms with E-state index in [0.717, 1.165) is 4.80 Å². The number of nitrogens with zero attached hydrogens (tertiary/aromatic N) is 4. The maximum Gasteiger partial charge on any atom is 0.232 e. The van der Waals surface area contributed by atoms with Gasteiger partial charge in [-0.2, -0.15) is 0 Å². The first-order chi connectivity index (χ1) is 3.43. The SMILES string of the molecule is C#C[n+]1nnn[nH]1. The molecule has 0 aliphatic carbocycles. The third-order valence-electron chi connectivity index (χ3n) is 0.436. The average Bonchev–Trinajstić information content (AvgIpc) is 2.14. The number of terminal acetylenes is 1. The van der Waals surface area contributed by atoms with Gasteiger partial charge in [-0.15, -0.1) is 0 Å². The zero-order chi connectivity index (χ0) is 5.11. The fraction of sp³-hybridized carbons (Fsp3) is 0. The Balaban J connectivity index is 3.04. The molecular formula is C2H2N5+. The molecule has 1 N–H and O–H groups in total. The van der Waals surface area contributed by atoms with Crippen molar-refractivity contribution in [2.75, 3.05) is 0 Å². The van der Waals surface area contributed by atoms with Gasteiger partial charge in [-0.3, -0.25) is 0 Å². The van der Waals surface area contributed by atoms with Gasteiger partial charge in [-0.1, -0.05) is 6.42 Å². The summed E-state index contributed by atoms with van der Waals surface area (Å²) >= 11 is 0. The smallest absolute Gasteiger partial charge is 0.0755 e. The maximum absolute atomic E-state index is 4.83. The van der Waals surface area contributed by atoms with Crippen LogP contribution in [0, 0.1) is 12.5 Å². The van der Waals surface area contributed by atoms with Gasteiger partial charge in [-0.25, -0.2) is 0 Å². The van der Waals surface area contributed by atoms with Crippen molar-refractivity contribution in [2.24, 2.45) is 0 Å². The van der Waals surface area contributed by atoms with Crippen molar-refractivity contribution in [2.45, 2.75) is 0 Å². The third kappa shape index (κ3) is 0.523. The number of H-pyrrole nitrogens is 1. The molecule has 1 heterocycles. The summed E-state index contributed by atoms with van der Waals surface area (Å²) < 4.78 is 0. The molecule has 1 aromatic heterocycles. The molecule has 0 aromatic carbocycles. The molecule has 0 saturated heterocycles. The predicted octanol–water partition coefficient (Wildman–Crippen LogP) is -2.07. The minimum atomic E-state index is 1.06. The second kappa shape index (κ2) is 1.34. The van der Waals surface area contributed by atoms with E-state index in [4.69, 9.17) is 6.42 Å². The molecule has 0 bridgehead atoms. The van der Waals surface area contributed by atoms with E-state index in [-0.39, 0.29) is 0 Å². The van der Waals surface area contributed by atoms with Crippen LogP contribution in [0.4, 0.5) is 0 Å². The molecule has 0 aliphatic rings. The van der Waals surface area contributed by atoms with E-state index < -0.39 is 0 Å². The summed E-state index contributed by atoms with van der Waals surface area (Å²) in [6.45, 7) is 0. The van der Waals surface area contributed by atoms with Gasteiger partial charge < -0.3 is 0 Å². The second-order valence-electron chi connectivity index (χ2n) is 0.820. The minimum Gasteiger partial charge on any atom is -0.0755 e. The van der Waals surface area contributed by atoms with E-state index >= 15 is 0 Å². The lowest BCUT2D eigenvalue weighted by Crippen LogP contribution is -2.33. The largest absolute Gasteiger partial charge is 0.232 e. The number of hydrogen-bond donors (Lipinski definition) is 1. The van der Waals surface area contributed by atoms with Crippen LogP contribution in [0.3, 0.4) is 0 Å². The summed E-state index contributed by atoms with van der Waals surface area (Å²) in [4.78, 5) is 1.06. The highest BCUT2D eigenvalue weighted by Crippen LogP contribution is 1.34. The molecule has 0 aliphatic heterocycles. The van der Waals surface area contributed by atoms with Gasteiger partial charge in [0, 0.05) is 4.80 Å². The Bertz CT molecular complexity index is 168. The lowest BCUT2D eigenvalue weighted by molar-refractivity contribution is -0.709. The molecule has 34 valence electrons. The summed E-state index contributed by atoms with van der Waals surface area (Å²) in [6, 6.07) is 2.13. The summed E-state index contributed by atoms with van der Waals surface area (Å²) in [5, 5.41) is 12.0. The standard InChI is InChI=1S/C2HN5/c1-2-7-5-3-4-6-7/h1H/p+1. The van der Waals surface area contributed by atoms with E-state index in [1.807, 2.05) is 0 Å². The van der Waals surface area contributed by atoms with E-state index in [1.165, 1.54) is 0 Å². The highest BCUT2D eigenvalue weighted by molar-refractivity contribution is 4.61. The molecule has 0 saturated carbocycles. The van der Waals surface area contributed by atoms with Crippen molar-refractivity contribution >= 4 is 0 Å². The van der Waals surface area contributed by atoms with E-state index in [9.17, 15) is 0 Å². The highest BCUT2D eigenvalue weighted by Gasteiger charge is 1.90. The molecule has 1 aromatic rings. The molecule has 0 atom stereocenters. The normalized spacial score (nSPS) is 7.86. The van der Waals surface area contributed by atoms with Crippen LogP contribution >= 0.6 is 0 Å². The van der Waals surface area contributed by atoms with Crippen LogP contribution in [0.25, 0.3) is 0 Å². The van der Waals surface area contributed by atoms with Crippen LogP contribution in [0.1, 0.15) is 0 Å². The molecule has 0 spiro atoms. The highest BCUT2D eigenvalue weighted by atomic mass is 15.7. The molecule has 0 radical (unpaired) electrons. The molecule has 0 unspecified atom stereocenters. The maximum atomic E-state index is 4.83. The van der Waals surface area contributed by atoms with Crippen molar-refractivity contribution in [1.82, 2.24) is 20.9 Å². The van der Waals surface area contributed by atoms with E-state index in [0.29, 0.717) is 0 Å². The van der Waals surface area contributed by atoms with Gasteiger partial charge in [0.15, 0.2) is 0 Å². The van der Waals surface area contributed by atoms with E-state index in [1.54, 1.807) is 0 Å². The molecule has 5 heteroatoms. The van der Waals surface area contributed by atoms with Gasteiger partial charge in [0.05, 0.1) is 0 Å². The summed E-state index contributed by atoms with van der Waals surface area (Å²) in [5.41, 5.74) is 0. The number of hydrogen-bond acceptors (Lipinski definition) is 3. The Labute approximate surface area is 39.3 Å². The first kappa shape index (κ1) is 3.74. The van der Waals surface area contributed by atoms with Crippen molar-refractivity contribution in [1.29, 1.82) is 0 Å². The average molecular weight is 96.1 g/mol. The second-order valence-corrected chi connectivity index (χ2v) is 0.820. The molecule has 0 fully saturated rings. The first-order valence-corrected chi connectivity index (χ1v) is 1.56. The number of rotatable bonds is 0. The van der Waals surface area contributed by atoms with Crippen LogP contribution in [-0.4, -0.2) is 20.9 Å². The molecule has 5 nitrogen and oxygen atoms in total. The van der Waals surface area contributed by atoms with Crippen molar-refractivity contribution in [3.05, 3.63) is 0 Å². The number of aromatic amines is 1. The topological polar surface area (TPSA) is 58.3 Å². The zero-order valence-corrected chi connectivity index (χ0v) is 3.37. The number of nitrogens with one attached hydrogen (secondary N) is 1. The van der Waals surface area contributed by atoms with Gasteiger partial charge in [0.2, 0.25) is 10.4 Å². The quantitative estimate of drug-likeness (QED) is 0.298. The van der Waals surface area contributed by atoms with E-state index in [2.05, 4.69) is 26.9 Å². The fourth-order valence-corrected chi connectivity index (χ4v) is 0.197. The molecule has 7 heavy (non-hydrogen) atoms. The first-order valence-electron chi connectivity index (χ1n) is 1.56. The summed E-state index contributed by atoms with van der Waals surface area (Å²) in [7, 11) is 0. The Hall–Kier alpha value is -1.44. The van der Waals surface area contributed by atoms with Crippen LogP contribution in [0.15, 0.2) is 0 Å². The van der Waals surface area contributed by atoms with Crippen molar-refractivity contribution in [3.8, 4) is 12.5 Å². The van der Waals surface area contributed by atoms with Crippen LogP contribution in [0.2, 0.25) is 0 Å². The lowest BCUT2D eigenvalue weighted by Gasteiger charge is -1.60. The minimum absolute atomic E-state index is 1.06. The Morgan fingerprint density at radius 1 is 1.71 bits per heavy atom. The Morgan fingerprint density at radius 2 is 2.57 bits per heavy atom. The zero-order valence-electron chi connectivity index (χ0n) is 3.37. The fourth-order valence-electron chi connectivity index (χ4n) is 0.197. The monoisotopic (exact) mass is 96.0 g/mol. The van der Waals surface area contributed by atoms with Gasteiger partial charge in [0.1, 0.15) is 11.3 Å². The predicted molar refractivity (Wildman–Crippen MR) is 18.6 cm³/mol. The molecule has 1 rings (SSSR count). The third-order valence-corrected chi connectivity index (χ3v) is 0.436. The Kier molecular flexibility index (Phi) is 0.717. The molecule has 0 amide bonds. The van der Waals surface area contributed by atoms with Gasteiger partial charge in [-0.05, 0) is 5.21 Å². The van der Waals surface area contributed by atoms with Gasteiger partial charge in [0.25, 0.3) is 0 Å². The van der Waals surface area contributed by atoms with Crippen molar-refractivity contribution < 1.29 is 4.80 Å². The summed E-state index contributed by atoms with van der Waals surface area (Å²) in [5.74, 6) is 0. The molecular weight excluding hydrogens is 94.1 g/mol. The number of aromatic nitrogens is 5. The lowest BCUT2D eigenvalue weighted by atomic mass is 11.2. The van der Waals surface area contributed by atoms with Crippen LogP contribution in [-0.2, 0) is 0 Å². The van der Waals surface area contributed by atoms with Gasteiger partial charge >= 0.3 is 0 Å². The van der Waals surface area contributed by atoms with Crippen LogP contribution < -0.4 is 4.80 Å². The Morgan fingerprint density at radius 3 is 2.86 bits per heavy atom. The summed E-state index contributed by atoms with van der Waals surface area (Å²) in [6.07, 6.45) is 4.83. The van der Waals surface area contributed by atoms with Crippen LogP contribution in [0.5, 0.6) is 0 Å². The van der Waals surface area contributed by atoms with Crippen molar-refractivity contribution in [3.63, 3.8) is 0 Å².